The Morgan fingerprint density at radius 3 is 2.65 bits per heavy atom. The molecule has 34 heavy (non-hydrogen) atoms. The van der Waals surface area contributed by atoms with Crippen molar-refractivity contribution in [3.05, 3.63) is 55.1 Å². The van der Waals surface area contributed by atoms with Crippen LogP contribution in [0.15, 0.2) is 55.1 Å². The fourth-order valence-corrected chi connectivity index (χ4v) is 8.72. The van der Waals surface area contributed by atoms with Crippen LogP contribution in [0.5, 0.6) is 0 Å². The number of carboxylic acids is 1. The zero-order valence-corrected chi connectivity index (χ0v) is 19.8. The van der Waals surface area contributed by atoms with Crippen LogP contribution >= 0.6 is 11.8 Å². The molecule has 3 heterocycles. The standard InChI is InChI=1S/C26H28N2O5S/c1-3-12-27(18-9-8-16-6-4-5-7-17(16)15-18)23(31)21-26-11-10-25(2,34-26)20(24(32)33)19(26)22(30)28(21)13-14-29/h3-9,15,19-21,29H,1,10-14H2,2H3,(H,32,33)/t19-,20-,21?,25+,26?/m0/s1. The first kappa shape index (κ1) is 22.9. The molecule has 5 rings (SSSR count). The second-order valence-corrected chi connectivity index (χ2v) is 11.5. The van der Waals surface area contributed by atoms with Crippen LogP contribution in [0.4, 0.5) is 5.69 Å². The van der Waals surface area contributed by atoms with E-state index in [-0.39, 0.29) is 31.5 Å². The van der Waals surface area contributed by atoms with Crippen LogP contribution in [0, 0.1) is 11.8 Å². The van der Waals surface area contributed by atoms with Gasteiger partial charge in [-0.05, 0) is 42.7 Å². The number of benzene rings is 2. The van der Waals surface area contributed by atoms with E-state index >= 15 is 0 Å². The summed E-state index contributed by atoms with van der Waals surface area (Å²) in [5.74, 6) is -3.23. The molecule has 5 atom stereocenters. The third-order valence-corrected chi connectivity index (χ3v) is 9.73. The van der Waals surface area contributed by atoms with Crippen LogP contribution in [0.1, 0.15) is 19.8 Å². The van der Waals surface area contributed by atoms with Gasteiger partial charge in [0.25, 0.3) is 5.91 Å². The van der Waals surface area contributed by atoms with E-state index in [4.69, 9.17) is 0 Å². The quantitative estimate of drug-likeness (QED) is 0.592. The third kappa shape index (κ3) is 3.11. The van der Waals surface area contributed by atoms with Crippen molar-refractivity contribution < 1.29 is 24.6 Å². The lowest BCUT2D eigenvalue weighted by Crippen LogP contribution is -2.55. The van der Waals surface area contributed by atoms with Crippen molar-refractivity contribution in [1.82, 2.24) is 4.90 Å². The Morgan fingerprint density at radius 1 is 1.24 bits per heavy atom. The van der Waals surface area contributed by atoms with E-state index in [1.165, 1.54) is 16.7 Å². The second-order valence-electron chi connectivity index (χ2n) is 9.59. The molecule has 0 radical (unpaired) electrons. The van der Waals surface area contributed by atoms with Gasteiger partial charge in [-0.1, -0.05) is 36.4 Å². The molecule has 2 aromatic rings. The zero-order valence-electron chi connectivity index (χ0n) is 19.0. The van der Waals surface area contributed by atoms with Gasteiger partial charge >= 0.3 is 5.97 Å². The van der Waals surface area contributed by atoms with Crippen molar-refractivity contribution in [2.24, 2.45) is 11.8 Å². The van der Waals surface area contributed by atoms with Gasteiger partial charge in [0.1, 0.15) is 6.04 Å². The normalized spacial score (nSPS) is 31.6. The Hall–Kier alpha value is -2.84. The highest BCUT2D eigenvalue weighted by molar-refractivity contribution is 8.02. The highest BCUT2D eigenvalue weighted by Crippen LogP contribution is 2.71. The summed E-state index contributed by atoms with van der Waals surface area (Å²) in [6.45, 7) is 5.68. The molecule has 2 bridgehead atoms. The number of aliphatic carboxylic acids is 1. The molecule has 2 N–H and O–H groups in total. The Balaban J connectivity index is 1.60. The van der Waals surface area contributed by atoms with Crippen molar-refractivity contribution in [2.45, 2.75) is 35.3 Å². The van der Waals surface area contributed by atoms with E-state index in [1.54, 1.807) is 11.0 Å². The van der Waals surface area contributed by atoms with E-state index in [1.807, 2.05) is 49.4 Å². The lowest BCUT2D eigenvalue weighted by molar-refractivity contribution is -0.150. The molecule has 2 unspecified atom stereocenters. The molecule has 0 aromatic heterocycles. The molecule has 2 amide bonds. The minimum absolute atomic E-state index is 0.00322. The van der Waals surface area contributed by atoms with Crippen molar-refractivity contribution in [1.29, 1.82) is 0 Å². The fraction of sp³-hybridized carbons (Fsp3) is 0.423. The highest BCUT2D eigenvalue weighted by atomic mass is 32.2. The van der Waals surface area contributed by atoms with Crippen LogP contribution in [0.3, 0.4) is 0 Å². The third-order valence-electron chi connectivity index (χ3n) is 7.74. The molecular formula is C26H28N2O5S. The summed E-state index contributed by atoms with van der Waals surface area (Å²) in [7, 11) is 0. The summed E-state index contributed by atoms with van der Waals surface area (Å²) in [5.41, 5.74) is 0.693. The molecule has 0 saturated carbocycles. The first-order chi connectivity index (χ1) is 16.3. The number of hydrogen-bond acceptors (Lipinski definition) is 5. The number of aliphatic hydroxyl groups excluding tert-OH is 1. The number of carboxylic acid groups (broad SMARTS) is 1. The monoisotopic (exact) mass is 480 g/mol. The zero-order chi connectivity index (χ0) is 24.3. The van der Waals surface area contributed by atoms with Crippen molar-refractivity contribution in [2.75, 3.05) is 24.6 Å². The number of amides is 2. The van der Waals surface area contributed by atoms with Crippen LogP contribution in [0.25, 0.3) is 10.8 Å². The van der Waals surface area contributed by atoms with Gasteiger partial charge in [-0.3, -0.25) is 14.4 Å². The fourth-order valence-electron chi connectivity index (χ4n) is 6.37. The minimum atomic E-state index is -0.996. The number of nitrogens with zero attached hydrogens (tertiary/aromatic N) is 2. The number of β-amino-alcohol motifs (C(OH)–C–C–N with tert-alkyl or cyclic N) is 1. The Morgan fingerprint density at radius 2 is 1.97 bits per heavy atom. The molecule has 8 heteroatoms. The first-order valence-electron chi connectivity index (χ1n) is 11.5. The molecule has 0 aliphatic carbocycles. The lowest BCUT2D eigenvalue weighted by Gasteiger charge is -2.37. The van der Waals surface area contributed by atoms with Crippen LogP contribution in [-0.2, 0) is 14.4 Å². The summed E-state index contributed by atoms with van der Waals surface area (Å²) in [4.78, 5) is 43.1. The summed E-state index contributed by atoms with van der Waals surface area (Å²) in [6, 6.07) is 12.8. The predicted octanol–water partition coefficient (Wildman–Crippen LogP) is 2.92. The average Bonchev–Trinajstić information content (AvgIpc) is 3.38. The summed E-state index contributed by atoms with van der Waals surface area (Å²) in [6.07, 6.45) is 2.87. The van der Waals surface area contributed by atoms with Gasteiger partial charge in [0, 0.05) is 23.5 Å². The molecule has 3 aliphatic rings. The van der Waals surface area contributed by atoms with Crippen LogP contribution in [-0.4, -0.2) is 68.1 Å². The summed E-state index contributed by atoms with van der Waals surface area (Å²) < 4.78 is -1.42. The van der Waals surface area contributed by atoms with Crippen molar-refractivity contribution in [3.63, 3.8) is 0 Å². The Bertz CT molecular complexity index is 1200. The largest absolute Gasteiger partial charge is 0.481 e. The van der Waals surface area contributed by atoms with Crippen molar-refractivity contribution >= 4 is 46.0 Å². The molecule has 3 aliphatic heterocycles. The van der Waals surface area contributed by atoms with Gasteiger partial charge in [0.2, 0.25) is 5.91 Å². The van der Waals surface area contributed by atoms with Crippen molar-refractivity contribution in [3.8, 4) is 0 Å². The number of anilines is 1. The number of carbonyl (C=O) groups excluding carboxylic acids is 2. The molecule has 3 fully saturated rings. The number of likely N-dealkylation sites (tertiary alicyclic amines) is 1. The highest BCUT2D eigenvalue weighted by Gasteiger charge is 2.77. The molecule has 3 saturated heterocycles. The molecule has 178 valence electrons. The average molecular weight is 481 g/mol. The SMILES string of the molecule is C=CCN(C(=O)C1N(CCO)C(=O)[C@@H]2[C@@H](C(=O)O)[C@@]3(C)CCC12S3)c1ccc2ccccc2c1. The van der Waals surface area contributed by atoms with E-state index in [9.17, 15) is 24.6 Å². The van der Waals surface area contributed by atoms with Gasteiger partial charge < -0.3 is 20.0 Å². The number of hydrogen-bond donors (Lipinski definition) is 2. The van der Waals surface area contributed by atoms with Gasteiger partial charge in [-0.25, -0.2) is 0 Å². The maximum Gasteiger partial charge on any atom is 0.308 e. The van der Waals surface area contributed by atoms with E-state index in [0.29, 0.717) is 18.5 Å². The molecule has 7 nitrogen and oxygen atoms in total. The number of fused-ring (bicyclic) bond motifs is 2. The maximum absolute atomic E-state index is 14.3. The number of rotatable bonds is 7. The van der Waals surface area contributed by atoms with Gasteiger partial charge in [0.05, 0.1) is 23.2 Å². The van der Waals surface area contributed by atoms with E-state index < -0.39 is 33.3 Å². The topological polar surface area (TPSA) is 98.2 Å². The molecule has 1 spiro atoms. The van der Waals surface area contributed by atoms with E-state index in [0.717, 1.165) is 10.8 Å². The van der Waals surface area contributed by atoms with Crippen LogP contribution < -0.4 is 4.90 Å². The predicted molar refractivity (Wildman–Crippen MR) is 132 cm³/mol. The van der Waals surface area contributed by atoms with Gasteiger partial charge in [0.15, 0.2) is 0 Å². The number of aliphatic hydroxyl groups is 1. The summed E-state index contributed by atoms with van der Waals surface area (Å²) in [5, 5.41) is 21.8. The van der Waals surface area contributed by atoms with Gasteiger partial charge in [-0.2, -0.15) is 0 Å². The molecule has 2 aromatic carbocycles. The lowest BCUT2D eigenvalue weighted by atomic mass is 9.66. The number of thioether (sulfide) groups is 1. The Kier molecular flexibility index (Phi) is 5.48. The second kappa shape index (κ2) is 8.13. The smallest absolute Gasteiger partial charge is 0.308 e. The minimum Gasteiger partial charge on any atom is -0.481 e. The summed E-state index contributed by atoms with van der Waals surface area (Å²) >= 11 is 1.49. The molecular weight excluding hydrogens is 452 g/mol. The van der Waals surface area contributed by atoms with Crippen LogP contribution in [0.2, 0.25) is 0 Å². The first-order valence-corrected chi connectivity index (χ1v) is 12.3. The number of carbonyl (C=O) groups is 3. The van der Waals surface area contributed by atoms with Gasteiger partial charge in [-0.15, -0.1) is 18.3 Å². The van der Waals surface area contributed by atoms with E-state index in [2.05, 4.69) is 6.58 Å². The maximum atomic E-state index is 14.3. The Labute approximate surface area is 202 Å².